The normalized spacial score (nSPS) is 11.9. The van der Waals surface area contributed by atoms with Gasteiger partial charge in [0.1, 0.15) is 11.9 Å². The molecular weight excluding hydrogens is 275 g/mol. The van der Waals surface area contributed by atoms with E-state index in [9.17, 15) is 14.0 Å². The van der Waals surface area contributed by atoms with Gasteiger partial charge in [-0.15, -0.1) is 0 Å². The Morgan fingerprint density at radius 1 is 1.33 bits per heavy atom. The Bertz CT molecular complexity index is 518. The molecule has 6 heteroatoms. The first kappa shape index (κ1) is 16.9. The maximum Gasteiger partial charge on any atom is 0.407 e. The highest BCUT2D eigenvalue weighted by atomic mass is 19.1. The highest BCUT2D eigenvalue weighted by molar-refractivity contribution is 5.96. The van der Waals surface area contributed by atoms with E-state index in [1.54, 1.807) is 39.8 Å². The number of carbonyl (C=O) groups excluding carboxylic acids is 2. The molecule has 21 heavy (non-hydrogen) atoms. The third-order valence-corrected chi connectivity index (χ3v) is 2.94. The number of aryl methyl sites for hydroxylation is 1. The van der Waals surface area contributed by atoms with Gasteiger partial charge in [-0.05, 0) is 37.5 Å². The van der Waals surface area contributed by atoms with Gasteiger partial charge in [0.2, 0.25) is 5.91 Å². The van der Waals surface area contributed by atoms with Crippen LogP contribution in [0.25, 0.3) is 0 Å². The lowest BCUT2D eigenvalue weighted by atomic mass is 10.0. The fourth-order valence-corrected chi connectivity index (χ4v) is 1.73. The first-order chi connectivity index (χ1) is 9.85. The van der Waals surface area contributed by atoms with Gasteiger partial charge in [0, 0.05) is 5.69 Å². The number of carbonyl (C=O) groups is 2. The van der Waals surface area contributed by atoms with Gasteiger partial charge in [-0.3, -0.25) is 4.79 Å². The Kier molecular flexibility index (Phi) is 6.14. The fraction of sp³-hybridized carbons (Fsp3) is 0.467. The van der Waals surface area contributed by atoms with Crippen LogP contribution in [0.3, 0.4) is 0 Å². The summed E-state index contributed by atoms with van der Waals surface area (Å²) in [7, 11) is 0. The van der Waals surface area contributed by atoms with Gasteiger partial charge in [0.05, 0.1) is 6.61 Å². The lowest BCUT2D eigenvalue weighted by Crippen LogP contribution is -2.47. The van der Waals surface area contributed by atoms with E-state index in [-0.39, 0.29) is 12.5 Å². The first-order valence-corrected chi connectivity index (χ1v) is 6.85. The number of anilines is 1. The zero-order valence-electron chi connectivity index (χ0n) is 12.7. The average Bonchev–Trinajstić information content (AvgIpc) is 2.40. The van der Waals surface area contributed by atoms with E-state index >= 15 is 0 Å². The fourth-order valence-electron chi connectivity index (χ4n) is 1.73. The molecule has 1 rings (SSSR count). The van der Waals surface area contributed by atoms with E-state index in [1.165, 1.54) is 6.07 Å². The summed E-state index contributed by atoms with van der Waals surface area (Å²) in [6, 6.07) is 3.68. The van der Waals surface area contributed by atoms with Crippen molar-refractivity contribution in [2.45, 2.75) is 33.7 Å². The van der Waals surface area contributed by atoms with Gasteiger partial charge < -0.3 is 15.4 Å². The van der Waals surface area contributed by atoms with Crippen LogP contribution in [-0.4, -0.2) is 24.6 Å². The zero-order valence-corrected chi connectivity index (χ0v) is 12.7. The summed E-state index contributed by atoms with van der Waals surface area (Å²) in [6.45, 7) is 7.14. The molecule has 0 aliphatic heterocycles. The maximum atomic E-state index is 13.5. The lowest BCUT2D eigenvalue weighted by molar-refractivity contribution is -0.119. The Balaban J connectivity index is 2.76. The van der Waals surface area contributed by atoms with Gasteiger partial charge in [-0.2, -0.15) is 0 Å². The predicted octanol–water partition coefficient (Wildman–Crippen LogP) is 2.84. The molecule has 116 valence electrons. The second kappa shape index (κ2) is 7.61. The van der Waals surface area contributed by atoms with E-state index in [0.717, 1.165) is 0 Å². The molecule has 0 saturated carbocycles. The molecule has 0 saturated heterocycles. The first-order valence-electron chi connectivity index (χ1n) is 6.85. The van der Waals surface area contributed by atoms with Crippen LogP contribution in [-0.2, 0) is 9.53 Å². The molecule has 0 heterocycles. The molecule has 1 aromatic carbocycles. The third-order valence-electron chi connectivity index (χ3n) is 2.94. The quantitative estimate of drug-likeness (QED) is 0.878. The van der Waals surface area contributed by atoms with Crippen molar-refractivity contribution in [2.24, 2.45) is 5.92 Å². The van der Waals surface area contributed by atoms with Crippen LogP contribution in [0.1, 0.15) is 26.3 Å². The van der Waals surface area contributed by atoms with Crippen molar-refractivity contribution in [3.8, 4) is 0 Å². The molecule has 0 bridgehead atoms. The number of alkyl carbamates (subject to hydrolysis) is 1. The van der Waals surface area contributed by atoms with E-state index in [2.05, 4.69) is 10.6 Å². The molecule has 0 fully saturated rings. The minimum absolute atomic E-state index is 0.135. The third kappa shape index (κ3) is 5.06. The van der Waals surface area contributed by atoms with Crippen LogP contribution in [0.4, 0.5) is 14.9 Å². The zero-order chi connectivity index (χ0) is 16.0. The number of ether oxygens (including phenoxy) is 1. The Morgan fingerprint density at radius 2 is 2.00 bits per heavy atom. The second-order valence-corrected chi connectivity index (χ2v) is 5.04. The van der Waals surface area contributed by atoms with Crippen molar-refractivity contribution in [3.05, 3.63) is 29.6 Å². The minimum Gasteiger partial charge on any atom is -0.450 e. The number of amides is 2. The van der Waals surface area contributed by atoms with Crippen molar-refractivity contribution in [1.82, 2.24) is 5.32 Å². The molecule has 5 nitrogen and oxygen atoms in total. The molecule has 0 radical (unpaired) electrons. The number of nitrogens with one attached hydrogen (secondary N) is 2. The van der Waals surface area contributed by atoms with Crippen molar-refractivity contribution >= 4 is 17.7 Å². The Hall–Kier alpha value is -2.11. The van der Waals surface area contributed by atoms with E-state index in [0.29, 0.717) is 11.3 Å². The van der Waals surface area contributed by atoms with E-state index in [4.69, 9.17) is 4.74 Å². The largest absolute Gasteiger partial charge is 0.450 e. The molecule has 0 aromatic heterocycles. The number of benzene rings is 1. The molecular formula is C15H21FN2O3. The van der Waals surface area contributed by atoms with Crippen molar-refractivity contribution in [3.63, 3.8) is 0 Å². The van der Waals surface area contributed by atoms with Gasteiger partial charge in [0.25, 0.3) is 0 Å². The highest BCUT2D eigenvalue weighted by Gasteiger charge is 2.24. The van der Waals surface area contributed by atoms with Gasteiger partial charge in [0.15, 0.2) is 0 Å². The van der Waals surface area contributed by atoms with Crippen LogP contribution >= 0.6 is 0 Å². The molecule has 1 atom stereocenters. The summed E-state index contributed by atoms with van der Waals surface area (Å²) in [6.07, 6.45) is -0.651. The summed E-state index contributed by atoms with van der Waals surface area (Å²) in [4.78, 5) is 23.6. The molecule has 0 aliphatic carbocycles. The lowest BCUT2D eigenvalue weighted by Gasteiger charge is -2.21. The van der Waals surface area contributed by atoms with Crippen molar-refractivity contribution < 1.29 is 18.7 Å². The van der Waals surface area contributed by atoms with Gasteiger partial charge in [-0.1, -0.05) is 19.9 Å². The van der Waals surface area contributed by atoms with Crippen molar-refractivity contribution in [2.75, 3.05) is 11.9 Å². The topological polar surface area (TPSA) is 67.4 Å². The molecule has 2 N–H and O–H groups in total. The van der Waals surface area contributed by atoms with Gasteiger partial charge in [-0.25, -0.2) is 9.18 Å². The van der Waals surface area contributed by atoms with E-state index in [1.807, 2.05) is 0 Å². The number of hydrogen-bond donors (Lipinski definition) is 2. The SMILES string of the molecule is CCOC(=O)N[C@@H](C(=O)Nc1ccc(C)c(F)c1)C(C)C. The molecule has 0 aliphatic rings. The number of rotatable bonds is 5. The Morgan fingerprint density at radius 3 is 2.52 bits per heavy atom. The molecule has 0 spiro atoms. The summed E-state index contributed by atoms with van der Waals surface area (Å²) in [5.74, 6) is -0.946. The minimum atomic E-state index is -0.756. The van der Waals surface area contributed by atoms with Crippen LogP contribution < -0.4 is 10.6 Å². The van der Waals surface area contributed by atoms with Crippen LogP contribution in [0.15, 0.2) is 18.2 Å². The average molecular weight is 296 g/mol. The van der Waals surface area contributed by atoms with Crippen molar-refractivity contribution in [1.29, 1.82) is 0 Å². The summed E-state index contributed by atoms with van der Waals surface area (Å²) in [5, 5.41) is 5.09. The summed E-state index contributed by atoms with van der Waals surface area (Å²) in [5.41, 5.74) is 0.845. The van der Waals surface area contributed by atoms with E-state index < -0.39 is 23.9 Å². The second-order valence-electron chi connectivity index (χ2n) is 5.04. The standard InChI is InChI=1S/C15H21FN2O3/c1-5-21-15(20)18-13(9(2)3)14(19)17-11-7-6-10(4)12(16)8-11/h6-9,13H,5H2,1-4H3,(H,17,19)(H,18,20)/t13-/m1/s1. The molecule has 1 aromatic rings. The van der Waals surface area contributed by atoms with Crippen LogP contribution in [0.5, 0.6) is 0 Å². The van der Waals surface area contributed by atoms with Gasteiger partial charge >= 0.3 is 6.09 Å². The molecule has 0 unspecified atom stereocenters. The molecule has 2 amide bonds. The highest BCUT2D eigenvalue weighted by Crippen LogP contribution is 2.15. The smallest absolute Gasteiger partial charge is 0.407 e. The number of hydrogen-bond acceptors (Lipinski definition) is 3. The monoisotopic (exact) mass is 296 g/mol. The van der Waals surface area contributed by atoms with Crippen LogP contribution in [0, 0.1) is 18.7 Å². The predicted molar refractivity (Wildman–Crippen MR) is 78.6 cm³/mol. The Labute approximate surface area is 123 Å². The summed E-state index contributed by atoms with van der Waals surface area (Å²) >= 11 is 0. The maximum absolute atomic E-state index is 13.5. The number of halogens is 1. The van der Waals surface area contributed by atoms with Crippen LogP contribution in [0.2, 0.25) is 0 Å². The summed E-state index contributed by atoms with van der Waals surface area (Å²) < 4.78 is 18.2.